The molecule has 0 aromatic carbocycles. The molecule has 0 aliphatic heterocycles. The Bertz CT molecular complexity index is 227. The van der Waals surface area contributed by atoms with Gasteiger partial charge in [-0.05, 0) is 6.42 Å². The van der Waals surface area contributed by atoms with Gasteiger partial charge in [0.2, 0.25) is 0 Å². The molecule has 0 saturated carbocycles. The van der Waals surface area contributed by atoms with Crippen LogP contribution in [0.1, 0.15) is 71.1 Å². The first kappa shape index (κ1) is 18.7. The fraction of sp³-hybridized carbons (Fsp3) is 0.938. The van der Waals surface area contributed by atoms with E-state index >= 15 is 0 Å². The van der Waals surface area contributed by atoms with Crippen LogP contribution in [0.3, 0.4) is 0 Å². The molecular formula is C16H34O2Si. The molecule has 0 atom stereocenters. The summed E-state index contributed by atoms with van der Waals surface area (Å²) in [5.41, 5.74) is 0. The van der Waals surface area contributed by atoms with Crippen molar-refractivity contribution in [2.45, 2.75) is 96.3 Å². The minimum Gasteiger partial charge on any atom is -0.481 e. The van der Waals surface area contributed by atoms with Crippen molar-refractivity contribution in [1.29, 1.82) is 0 Å². The Labute approximate surface area is 121 Å². The van der Waals surface area contributed by atoms with Crippen molar-refractivity contribution < 1.29 is 9.90 Å². The average Bonchev–Trinajstić information content (AvgIpc) is 2.32. The molecule has 0 bridgehead atoms. The van der Waals surface area contributed by atoms with Crippen molar-refractivity contribution in [3.05, 3.63) is 0 Å². The Hall–Kier alpha value is -0.313. The highest BCUT2D eigenvalue weighted by atomic mass is 28.3. The molecule has 0 aromatic rings. The summed E-state index contributed by atoms with van der Waals surface area (Å²) in [5, 5.41) is 8.59. The predicted octanol–water partition coefficient (Wildman–Crippen LogP) is 5.70. The molecule has 0 saturated heterocycles. The van der Waals surface area contributed by atoms with Gasteiger partial charge >= 0.3 is 5.97 Å². The molecule has 0 fully saturated rings. The van der Waals surface area contributed by atoms with Crippen molar-refractivity contribution in [2.24, 2.45) is 0 Å². The van der Waals surface area contributed by atoms with Gasteiger partial charge in [0.25, 0.3) is 0 Å². The quantitative estimate of drug-likeness (QED) is 0.348. The highest BCUT2D eigenvalue weighted by molar-refractivity contribution is 6.77. The van der Waals surface area contributed by atoms with Crippen LogP contribution in [0, 0.1) is 0 Å². The third kappa shape index (κ3) is 13.9. The molecule has 0 amide bonds. The third-order valence-corrected chi connectivity index (χ3v) is 7.37. The topological polar surface area (TPSA) is 37.3 Å². The maximum Gasteiger partial charge on any atom is 0.303 e. The summed E-state index contributed by atoms with van der Waals surface area (Å²) in [4.78, 5) is 10.4. The lowest BCUT2D eigenvalue weighted by atomic mass is 10.1. The van der Waals surface area contributed by atoms with E-state index in [1.54, 1.807) is 0 Å². The number of aliphatic carboxylic acids is 1. The Kier molecular flexibility index (Phi) is 11.3. The summed E-state index contributed by atoms with van der Waals surface area (Å²) in [5.74, 6) is -0.649. The van der Waals surface area contributed by atoms with Gasteiger partial charge in [-0.15, -0.1) is 0 Å². The van der Waals surface area contributed by atoms with Crippen LogP contribution in [0.5, 0.6) is 0 Å². The van der Waals surface area contributed by atoms with Crippen LogP contribution in [0.2, 0.25) is 25.2 Å². The van der Waals surface area contributed by atoms with Gasteiger partial charge in [-0.3, -0.25) is 4.79 Å². The lowest BCUT2D eigenvalue weighted by molar-refractivity contribution is -0.137. The zero-order chi connectivity index (χ0) is 14.6. The smallest absolute Gasteiger partial charge is 0.303 e. The monoisotopic (exact) mass is 286 g/mol. The first-order valence-electron chi connectivity index (χ1n) is 8.20. The Balaban J connectivity index is 3.44. The molecular weight excluding hydrogens is 252 g/mol. The number of carbonyl (C=O) groups is 1. The van der Waals surface area contributed by atoms with Gasteiger partial charge in [-0.1, -0.05) is 83.5 Å². The molecule has 2 nitrogen and oxygen atoms in total. The van der Waals surface area contributed by atoms with Crippen LogP contribution in [-0.4, -0.2) is 19.1 Å². The molecule has 0 spiro atoms. The fourth-order valence-electron chi connectivity index (χ4n) is 2.57. The van der Waals surface area contributed by atoms with E-state index in [1.807, 2.05) is 0 Å². The van der Waals surface area contributed by atoms with Gasteiger partial charge < -0.3 is 5.11 Å². The van der Waals surface area contributed by atoms with Gasteiger partial charge in [0.1, 0.15) is 0 Å². The number of hydrogen-bond acceptors (Lipinski definition) is 1. The summed E-state index contributed by atoms with van der Waals surface area (Å²) < 4.78 is 0. The van der Waals surface area contributed by atoms with Crippen molar-refractivity contribution >= 4 is 14.0 Å². The Morgan fingerprint density at radius 3 is 1.84 bits per heavy atom. The van der Waals surface area contributed by atoms with E-state index in [-0.39, 0.29) is 0 Å². The number of hydrogen-bond donors (Lipinski definition) is 1. The van der Waals surface area contributed by atoms with Crippen molar-refractivity contribution in [2.75, 3.05) is 0 Å². The second-order valence-corrected chi connectivity index (χ2v) is 12.0. The van der Waals surface area contributed by atoms with E-state index in [9.17, 15) is 4.79 Å². The lowest BCUT2D eigenvalue weighted by Crippen LogP contribution is -2.24. The maximum atomic E-state index is 10.4. The number of carboxylic acid groups (broad SMARTS) is 1. The van der Waals surface area contributed by atoms with Crippen LogP contribution < -0.4 is 0 Å². The van der Waals surface area contributed by atoms with Crippen LogP contribution in [0.4, 0.5) is 0 Å². The minimum atomic E-state index is -0.996. The Morgan fingerprint density at radius 2 is 1.32 bits per heavy atom. The van der Waals surface area contributed by atoms with E-state index in [2.05, 4.69) is 20.0 Å². The van der Waals surface area contributed by atoms with E-state index in [0.717, 1.165) is 12.8 Å². The molecule has 0 radical (unpaired) electrons. The largest absolute Gasteiger partial charge is 0.481 e. The summed E-state index contributed by atoms with van der Waals surface area (Å²) in [6.45, 7) is 7.26. The fourth-order valence-corrected chi connectivity index (χ4v) is 5.23. The predicted molar refractivity (Wildman–Crippen MR) is 86.6 cm³/mol. The van der Waals surface area contributed by atoms with Crippen molar-refractivity contribution in [1.82, 2.24) is 0 Å². The summed E-state index contributed by atoms with van der Waals surface area (Å²) in [6.07, 6.45) is 11.9. The lowest BCUT2D eigenvalue weighted by Gasteiger charge is -2.22. The van der Waals surface area contributed by atoms with Gasteiger partial charge in [0.05, 0.1) is 0 Å². The van der Waals surface area contributed by atoms with E-state index in [4.69, 9.17) is 5.11 Å². The number of rotatable bonds is 13. The molecule has 0 aromatic heterocycles. The van der Waals surface area contributed by atoms with Gasteiger partial charge in [0, 0.05) is 14.5 Å². The molecule has 0 rings (SSSR count). The van der Waals surface area contributed by atoms with E-state index in [1.165, 1.54) is 57.0 Å². The Morgan fingerprint density at radius 1 is 0.842 bits per heavy atom. The van der Waals surface area contributed by atoms with Crippen LogP contribution in [0.25, 0.3) is 0 Å². The molecule has 114 valence electrons. The SMILES string of the molecule is CCCCCCCC[Si](C)(C)CCCCCC(=O)O. The molecule has 0 unspecified atom stereocenters. The first-order chi connectivity index (χ1) is 8.98. The third-order valence-electron chi connectivity index (χ3n) is 3.95. The van der Waals surface area contributed by atoms with Gasteiger partial charge in [-0.2, -0.15) is 0 Å². The molecule has 0 aliphatic rings. The number of carboxylic acids is 1. The first-order valence-corrected chi connectivity index (χ1v) is 11.6. The zero-order valence-corrected chi connectivity index (χ0v) is 14.3. The van der Waals surface area contributed by atoms with Crippen LogP contribution in [-0.2, 0) is 4.79 Å². The minimum absolute atomic E-state index is 0.347. The van der Waals surface area contributed by atoms with Gasteiger partial charge in [0.15, 0.2) is 0 Å². The van der Waals surface area contributed by atoms with E-state index in [0.29, 0.717) is 6.42 Å². The van der Waals surface area contributed by atoms with Crippen molar-refractivity contribution in [3.8, 4) is 0 Å². The van der Waals surface area contributed by atoms with Crippen LogP contribution in [0.15, 0.2) is 0 Å². The second-order valence-electron chi connectivity index (χ2n) is 6.64. The van der Waals surface area contributed by atoms with Crippen LogP contribution >= 0.6 is 0 Å². The molecule has 1 N–H and O–H groups in total. The molecule has 19 heavy (non-hydrogen) atoms. The maximum absolute atomic E-state index is 10.4. The highest BCUT2D eigenvalue weighted by Gasteiger charge is 2.19. The zero-order valence-electron chi connectivity index (χ0n) is 13.3. The average molecular weight is 287 g/mol. The van der Waals surface area contributed by atoms with Gasteiger partial charge in [-0.25, -0.2) is 0 Å². The highest BCUT2D eigenvalue weighted by Crippen LogP contribution is 2.23. The number of unbranched alkanes of at least 4 members (excludes halogenated alkanes) is 7. The summed E-state index contributed by atoms with van der Waals surface area (Å²) in [6, 6.07) is 2.83. The molecule has 0 heterocycles. The molecule has 3 heteroatoms. The summed E-state index contributed by atoms with van der Waals surface area (Å²) >= 11 is 0. The molecule has 0 aliphatic carbocycles. The van der Waals surface area contributed by atoms with E-state index < -0.39 is 14.0 Å². The second kappa shape index (κ2) is 11.5. The standard InChI is InChI=1S/C16H34O2Si/c1-4-5-6-7-8-11-14-19(2,3)15-12-9-10-13-16(17)18/h4-15H2,1-3H3,(H,17,18). The van der Waals surface area contributed by atoms with Crippen molar-refractivity contribution in [3.63, 3.8) is 0 Å². The summed E-state index contributed by atoms with van der Waals surface area (Å²) in [7, 11) is -0.996. The normalized spacial score (nSPS) is 11.7.